The number of hydrogen-bond donors (Lipinski definition) is 1. The normalized spacial score (nSPS) is 38.6. The van der Waals surface area contributed by atoms with Gasteiger partial charge in [-0.3, -0.25) is 0 Å². The van der Waals surface area contributed by atoms with Gasteiger partial charge in [0.1, 0.15) is 11.5 Å². The maximum absolute atomic E-state index is 6.26. The molecule has 0 radical (unpaired) electrons. The molecule has 0 aliphatic heterocycles. The highest BCUT2D eigenvalue weighted by Gasteiger charge is 2.53. The minimum atomic E-state index is 0.407. The molecule has 1 heterocycles. The Labute approximate surface area is 122 Å². The molecule has 1 aromatic heterocycles. The van der Waals surface area contributed by atoms with E-state index in [0.717, 1.165) is 36.6 Å². The van der Waals surface area contributed by atoms with Crippen LogP contribution in [0.2, 0.25) is 0 Å². The Balaban J connectivity index is 1.63. The Morgan fingerprint density at radius 2 is 1.75 bits per heavy atom. The average Bonchev–Trinajstić information content (AvgIpc) is 2.77. The molecule has 0 aromatic carbocycles. The smallest absolute Gasteiger partial charge is 0.110 e. The maximum Gasteiger partial charge on any atom is 0.110 e. The van der Waals surface area contributed by atoms with Crippen molar-refractivity contribution in [2.24, 2.45) is 17.8 Å². The van der Waals surface area contributed by atoms with Gasteiger partial charge in [-0.25, -0.2) is 0 Å². The van der Waals surface area contributed by atoms with E-state index in [-0.39, 0.29) is 0 Å². The highest BCUT2D eigenvalue weighted by molar-refractivity contribution is 5.28. The summed E-state index contributed by atoms with van der Waals surface area (Å²) in [5, 5.41) is 3.43. The Kier molecular flexibility index (Phi) is 2.99. The molecule has 2 nitrogen and oxygen atoms in total. The first-order valence-electron chi connectivity index (χ1n) is 8.49. The van der Waals surface area contributed by atoms with Crippen LogP contribution in [0.15, 0.2) is 10.5 Å². The van der Waals surface area contributed by atoms with Crippen molar-refractivity contribution in [1.29, 1.82) is 0 Å². The van der Waals surface area contributed by atoms with Gasteiger partial charge < -0.3 is 9.73 Å². The SMILES string of the molecule is CCNCc1cc(C23CC4CC(CC(C4)C2)C3)oc1C. The lowest BCUT2D eigenvalue weighted by molar-refractivity contribution is -0.0154. The van der Waals surface area contributed by atoms with Gasteiger partial charge in [0.2, 0.25) is 0 Å². The molecule has 4 aliphatic rings. The van der Waals surface area contributed by atoms with E-state index in [4.69, 9.17) is 4.42 Å². The van der Waals surface area contributed by atoms with Gasteiger partial charge in [0.15, 0.2) is 0 Å². The number of furan rings is 1. The Bertz CT molecular complexity index is 466. The molecule has 5 rings (SSSR count). The standard InChI is InChI=1S/C18H27NO/c1-3-19-11-16-7-17(20-12(16)2)18-8-13-4-14(9-18)6-15(5-13)10-18/h7,13-15,19H,3-6,8-11H2,1-2H3. The predicted octanol–water partition coefficient (Wildman–Crippen LogP) is 4.17. The first-order valence-corrected chi connectivity index (χ1v) is 8.49. The molecule has 4 bridgehead atoms. The summed E-state index contributed by atoms with van der Waals surface area (Å²) in [5.41, 5.74) is 1.78. The van der Waals surface area contributed by atoms with Crippen molar-refractivity contribution in [3.63, 3.8) is 0 Å². The highest BCUT2D eigenvalue weighted by Crippen LogP contribution is 2.61. The van der Waals surface area contributed by atoms with Crippen molar-refractivity contribution in [3.8, 4) is 0 Å². The molecule has 1 aromatic rings. The van der Waals surface area contributed by atoms with Crippen molar-refractivity contribution in [1.82, 2.24) is 5.32 Å². The van der Waals surface area contributed by atoms with E-state index in [1.165, 1.54) is 49.8 Å². The number of rotatable bonds is 4. The Morgan fingerprint density at radius 1 is 1.15 bits per heavy atom. The third-order valence-electron chi connectivity index (χ3n) is 6.15. The van der Waals surface area contributed by atoms with E-state index in [9.17, 15) is 0 Å². The summed E-state index contributed by atoms with van der Waals surface area (Å²) in [5.74, 6) is 5.43. The van der Waals surface area contributed by atoms with E-state index in [0.29, 0.717) is 5.41 Å². The molecule has 4 fully saturated rings. The molecule has 20 heavy (non-hydrogen) atoms. The van der Waals surface area contributed by atoms with Crippen LogP contribution in [-0.4, -0.2) is 6.54 Å². The summed E-state index contributed by atoms with van der Waals surface area (Å²) in [6.45, 7) is 6.28. The van der Waals surface area contributed by atoms with Crippen LogP contribution in [0.1, 0.15) is 62.5 Å². The van der Waals surface area contributed by atoms with Gasteiger partial charge in [0.25, 0.3) is 0 Å². The van der Waals surface area contributed by atoms with Crippen LogP contribution in [0.3, 0.4) is 0 Å². The van der Waals surface area contributed by atoms with Gasteiger partial charge >= 0.3 is 0 Å². The van der Waals surface area contributed by atoms with Crippen molar-refractivity contribution < 1.29 is 4.42 Å². The molecule has 110 valence electrons. The quantitative estimate of drug-likeness (QED) is 0.891. The van der Waals surface area contributed by atoms with Crippen LogP contribution in [0, 0.1) is 24.7 Å². The van der Waals surface area contributed by atoms with Crippen molar-refractivity contribution in [3.05, 3.63) is 23.2 Å². The van der Waals surface area contributed by atoms with E-state index >= 15 is 0 Å². The predicted molar refractivity (Wildman–Crippen MR) is 80.7 cm³/mol. The summed E-state index contributed by atoms with van der Waals surface area (Å²) < 4.78 is 6.26. The molecular weight excluding hydrogens is 246 g/mol. The van der Waals surface area contributed by atoms with Gasteiger partial charge in [-0.1, -0.05) is 6.92 Å². The molecule has 0 unspecified atom stereocenters. The Morgan fingerprint density at radius 3 is 2.30 bits per heavy atom. The topological polar surface area (TPSA) is 25.2 Å². The Hall–Kier alpha value is -0.760. The zero-order valence-corrected chi connectivity index (χ0v) is 12.9. The summed E-state index contributed by atoms with van der Waals surface area (Å²) in [4.78, 5) is 0. The fourth-order valence-electron chi connectivity index (χ4n) is 5.63. The molecule has 0 amide bonds. The lowest BCUT2D eigenvalue weighted by atomic mass is 9.49. The first-order chi connectivity index (χ1) is 9.68. The van der Waals surface area contributed by atoms with E-state index in [1.807, 2.05) is 0 Å². The van der Waals surface area contributed by atoms with E-state index in [2.05, 4.69) is 25.2 Å². The fraction of sp³-hybridized carbons (Fsp3) is 0.778. The van der Waals surface area contributed by atoms with Gasteiger partial charge in [-0.05, 0) is 75.8 Å². The van der Waals surface area contributed by atoms with Crippen LogP contribution in [0.4, 0.5) is 0 Å². The van der Waals surface area contributed by atoms with Crippen LogP contribution >= 0.6 is 0 Å². The molecule has 1 N–H and O–H groups in total. The number of nitrogens with one attached hydrogen (secondary N) is 1. The van der Waals surface area contributed by atoms with Crippen molar-refractivity contribution in [2.45, 2.75) is 64.3 Å². The van der Waals surface area contributed by atoms with Crippen LogP contribution in [-0.2, 0) is 12.0 Å². The van der Waals surface area contributed by atoms with E-state index in [1.54, 1.807) is 0 Å². The second-order valence-corrected chi connectivity index (χ2v) is 7.67. The van der Waals surface area contributed by atoms with Gasteiger partial charge in [-0.2, -0.15) is 0 Å². The van der Waals surface area contributed by atoms with Crippen LogP contribution in [0.5, 0.6) is 0 Å². The van der Waals surface area contributed by atoms with Gasteiger partial charge in [0.05, 0.1) is 0 Å². The zero-order chi connectivity index (χ0) is 13.7. The lowest BCUT2D eigenvalue weighted by Gasteiger charge is -2.55. The average molecular weight is 273 g/mol. The maximum atomic E-state index is 6.26. The number of aryl methyl sites for hydroxylation is 1. The number of hydrogen-bond acceptors (Lipinski definition) is 2. The van der Waals surface area contributed by atoms with Crippen molar-refractivity contribution >= 4 is 0 Å². The molecular formula is C18H27NO. The second kappa shape index (κ2) is 4.62. The fourth-order valence-corrected chi connectivity index (χ4v) is 5.63. The lowest BCUT2D eigenvalue weighted by Crippen LogP contribution is -2.48. The molecule has 4 aliphatic carbocycles. The summed E-state index contributed by atoms with van der Waals surface area (Å²) in [7, 11) is 0. The van der Waals surface area contributed by atoms with Gasteiger partial charge in [0, 0.05) is 17.5 Å². The van der Waals surface area contributed by atoms with Gasteiger partial charge in [-0.15, -0.1) is 0 Å². The second-order valence-electron chi connectivity index (χ2n) is 7.67. The minimum absolute atomic E-state index is 0.407. The molecule has 0 saturated heterocycles. The molecule has 4 saturated carbocycles. The monoisotopic (exact) mass is 273 g/mol. The molecule has 2 heteroatoms. The highest BCUT2D eigenvalue weighted by atomic mass is 16.3. The third kappa shape index (κ3) is 1.95. The summed E-state index contributed by atoms with van der Waals surface area (Å²) in [6, 6.07) is 2.38. The van der Waals surface area contributed by atoms with Crippen LogP contribution < -0.4 is 5.32 Å². The first kappa shape index (κ1) is 12.9. The minimum Gasteiger partial charge on any atom is -0.465 e. The van der Waals surface area contributed by atoms with E-state index < -0.39 is 0 Å². The zero-order valence-electron chi connectivity index (χ0n) is 12.9. The third-order valence-corrected chi connectivity index (χ3v) is 6.15. The molecule has 0 spiro atoms. The van der Waals surface area contributed by atoms with Crippen molar-refractivity contribution in [2.75, 3.05) is 6.54 Å². The summed E-state index contributed by atoms with van der Waals surface area (Å²) >= 11 is 0. The van der Waals surface area contributed by atoms with Crippen LogP contribution in [0.25, 0.3) is 0 Å². The largest absolute Gasteiger partial charge is 0.465 e. The summed E-state index contributed by atoms with van der Waals surface area (Å²) in [6.07, 6.45) is 8.70. The molecule has 0 atom stereocenters.